The highest BCUT2D eigenvalue weighted by atomic mass is 16.2. The molecule has 2 nitrogen and oxygen atoms in total. The molecule has 0 aromatic heterocycles. The molecule has 0 aromatic rings. The van der Waals surface area contributed by atoms with Crippen molar-refractivity contribution < 1.29 is 5.11 Å². The largest absolute Gasteiger partial charge is 0.396 e. The predicted octanol–water partition coefficient (Wildman–Crippen LogP) is 3.05. The second-order valence-electron chi connectivity index (χ2n) is 6.28. The summed E-state index contributed by atoms with van der Waals surface area (Å²) in [5, 5.41) is 8.87. The van der Waals surface area contributed by atoms with Gasteiger partial charge in [0.05, 0.1) is 0 Å². The SMILES string of the molecule is CC1CCC(CN(CCCCO)C2CC2)CC1. The van der Waals surface area contributed by atoms with E-state index in [0.717, 1.165) is 24.3 Å². The standard InChI is InChI=1S/C15H29NO/c1-13-4-6-14(7-5-13)12-16(15-8-9-15)10-2-3-11-17/h13-15,17H,2-12H2,1H3. The lowest BCUT2D eigenvalue weighted by atomic mass is 9.83. The molecular formula is C15H29NO. The summed E-state index contributed by atoms with van der Waals surface area (Å²) in [4.78, 5) is 2.72. The number of nitrogens with zero attached hydrogens (tertiary/aromatic N) is 1. The minimum atomic E-state index is 0.361. The molecule has 0 spiro atoms. The van der Waals surface area contributed by atoms with Crippen molar-refractivity contribution in [3.63, 3.8) is 0 Å². The minimum Gasteiger partial charge on any atom is -0.396 e. The molecule has 2 aliphatic rings. The van der Waals surface area contributed by atoms with Crippen molar-refractivity contribution in [2.75, 3.05) is 19.7 Å². The lowest BCUT2D eigenvalue weighted by Gasteiger charge is -2.31. The third-order valence-electron chi connectivity index (χ3n) is 4.54. The van der Waals surface area contributed by atoms with Gasteiger partial charge in [-0.25, -0.2) is 0 Å². The highest BCUT2D eigenvalue weighted by molar-refractivity contribution is 4.86. The second-order valence-corrected chi connectivity index (χ2v) is 6.28. The Hall–Kier alpha value is -0.0800. The van der Waals surface area contributed by atoms with E-state index in [2.05, 4.69) is 11.8 Å². The van der Waals surface area contributed by atoms with E-state index < -0.39 is 0 Å². The zero-order chi connectivity index (χ0) is 12.1. The third kappa shape index (κ3) is 4.59. The molecule has 0 aromatic carbocycles. The Morgan fingerprint density at radius 1 is 1.00 bits per heavy atom. The highest BCUT2D eigenvalue weighted by Gasteiger charge is 2.30. The van der Waals surface area contributed by atoms with Gasteiger partial charge in [0, 0.05) is 19.2 Å². The van der Waals surface area contributed by atoms with Crippen LogP contribution in [-0.4, -0.2) is 35.7 Å². The van der Waals surface area contributed by atoms with E-state index in [1.807, 2.05) is 0 Å². The van der Waals surface area contributed by atoms with E-state index in [1.165, 1.54) is 58.0 Å². The summed E-state index contributed by atoms with van der Waals surface area (Å²) < 4.78 is 0. The number of aliphatic hydroxyl groups excluding tert-OH is 1. The van der Waals surface area contributed by atoms with Gasteiger partial charge in [0.25, 0.3) is 0 Å². The maximum atomic E-state index is 8.87. The van der Waals surface area contributed by atoms with E-state index in [1.54, 1.807) is 0 Å². The normalized spacial score (nSPS) is 29.8. The van der Waals surface area contributed by atoms with E-state index in [9.17, 15) is 0 Å². The maximum Gasteiger partial charge on any atom is 0.0431 e. The lowest BCUT2D eigenvalue weighted by molar-refractivity contribution is 0.171. The van der Waals surface area contributed by atoms with Crippen LogP contribution in [0.2, 0.25) is 0 Å². The van der Waals surface area contributed by atoms with Gasteiger partial charge in [-0.15, -0.1) is 0 Å². The molecule has 100 valence electrons. The van der Waals surface area contributed by atoms with Crippen molar-refractivity contribution >= 4 is 0 Å². The van der Waals surface area contributed by atoms with Crippen LogP contribution in [0.4, 0.5) is 0 Å². The summed E-state index contributed by atoms with van der Waals surface area (Å²) in [6, 6.07) is 0.896. The first-order valence-corrected chi connectivity index (χ1v) is 7.64. The van der Waals surface area contributed by atoms with Crippen molar-refractivity contribution in [2.24, 2.45) is 11.8 Å². The number of rotatable bonds is 7. The molecule has 2 heteroatoms. The van der Waals surface area contributed by atoms with Crippen LogP contribution in [0.5, 0.6) is 0 Å². The molecule has 0 aliphatic heterocycles. The Bertz CT molecular complexity index is 207. The fourth-order valence-electron chi connectivity index (χ4n) is 3.13. The monoisotopic (exact) mass is 239 g/mol. The number of aliphatic hydroxyl groups is 1. The van der Waals surface area contributed by atoms with Gasteiger partial charge in [0.15, 0.2) is 0 Å². The summed E-state index contributed by atoms with van der Waals surface area (Å²) >= 11 is 0. The van der Waals surface area contributed by atoms with Gasteiger partial charge in [-0.2, -0.15) is 0 Å². The summed E-state index contributed by atoms with van der Waals surface area (Å²) in [6.07, 6.45) is 10.8. The second kappa shape index (κ2) is 6.75. The molecule has 0 atom stereocenters. The molecule has 0 saturated heterocycles. The molecule has 17 heavy (non-hydrogen) atoms. The third-order valence-corrected chi connectivity index (χ3v) is 4.54. The summed E-state index contributed by atoms with van der Waals surface area (Å²) in [7, 11) is 0. The molecule has 1 N–H and O–H groups in total. The zero-order valence-corrected chi connectivity index (χ0v) is 11.4. The predicted molar refractivity (Wildman–Crippen MR) is 72.0 cm³/mol. The molecule has 0 unspecified atom stereocenters. The summed E-state index contributed by atoms with van der Waals surface area (Å²) in [5.74, 6) is 1.93. The molecule has 0 bridgehead atoms. The molecule has 0 radical (unpaired) electrons. The van der Waals surface area contributed by atoms with Crippen molar-refractivity contribution in [2.45, 2.75) is 64.3 Å². The average Bonchev–Trinajstić information content (AvgIpc) is 3.15. The topological polar surface area (TPSA) is 23.5 Å². The van der Waals surface area contributed by atoms with Gasteiger partial charge >= 0.3 is 0 Å². The summed E-state index contributed by atoms with van der Waals surface area (Å²) in [5.41, 5.74) is 0. The Morgan fingerprint density at radius 3 is 2.29 bits per heavy atom. The van der Waals surface area contributed by atoms with E-state index in [4.69, 9.17) is 5.11 Å². The number of hydrogen-bond acceptors (Lipinski definition) is 2. The lowest BCUT2D eigenvalue weighted by Crippen LogP contribution is -2.34. The van der Waals surface area contributed by atoms with Gasteiger partial charge in [-0.3, -0.25) is 0 Å². The molecule has 0 heterocycles. The number of hydrogen-bond donors (Lipinski definition) is 1. The van der Waals surface area contributed by atoms with Crippen LogP contribution < -0.4 is 0 Å². The Labute approximate surface area is 106 Å². The van der Waals surface area contributed by atoms with Crippen LogP contribution in [0.1, 0.15) is 58.3 Å². The van der Waals surface area contributed by atoms with Gasteiger partial charge < -0.3 is 10.0 Å². The van der Waals surface area contributed by atoms with Crippen LogP contribution in [0.15, 0.2) is 0 Å². The van der Waals surface area contributed by atoms with Crippen LogP contribution in [0, 0.1) is 11.8 Å². The van der Waals surface area contributed by atoms with Gasteiger partial charge in [-0.05, 0) is 56.9 Å². The molecular weight excluding hydrogens is 210 g/mol. The van der Waals surface area contributed by atoms with E-state index >= 15 is 0 Å². The van der Waals surface area contributed by atoms with Gasteiger partial charge in [-0.1, -0.05) is 19.8 Å². The average molecular weight is 239 g/mol. The fourth-order valence-corrected chi connectivity index (χ4v) is 3.13. The van der Waals surface area contributed by atoms with Gasteiger partial charge in [0.1, 0.15) is 0 Å². The van der Waals surface area contributed by atoms with E-state index in [-0.39, 0.29) is 0 Å². The molecule has 2 aliphatic carbocycles. The van der Waals surface area contributed by atoms with Crippen molar-refractivity contribution in [3.05, 3.63) is 0 Å². The fraction of sp³-hybridized carbons (Fsp3) is 1.00. The Morgan fingerprint density at radius 2 is 1.71 bits per heavy atom. The quantitative estimate of drug-likeness (QED) is 0.690. The first-order valence-electron chi connectivity index (χ1n) is 7.64. The molecule has 2 saturated carbocycles. The minimum absolute atomic E-state index is 0.361. The maximum absolute atomic E-state index is 8.87. The smallest absolute Gasteiger partial charge is 0.0431 e. The Balaban J connectivity index is 1.69. The molecule has 2 fully saturated rings. The van der Waals surface area contributed by atoms with Crippen LogP contribution in [0.3, 0.4) is 0 Å². The molecule has 2 rings (SSSR count). The Kier molecular flexibility index (Phi) is 5.30. The van der Waals surface area contributed by atoms with Crippen molar-refractivity contribution in [1.29, 1.82) is 0 Å². The highest BCUT2D eigenvalue weighted by Crippen LogP contribution is 2.33. The van der Waals surface area contributed by atoms with Crippen LogP contribution >= 0.6 is 0 Å². The number of unbranched alkanes of at least 4 members (excludes halogenated alkanes) is 1. The summed E-state index contributed by atoms with van der Waals surface area (Å²) in [6.45, 7) is 5.32. The first kappa shape index (κ1) is 13.4. The van der Waals surface area contributed by atoms with Gasteiger partial charge in [0.2, 0.25) is 0 Å². The molecule has 0 amide bonds. The zero-order valence-electron chi connectivity index (χ0n) is 11.4. The first-order chi connectivity index (χ1) is 8.29. The van der Waals surface area contributed by atoms with Crippen LogP contribution in [-0.2, 0) is 0 Å². The van der Waals surface area contributed by atoms with Crippen LogP contribution in [0.25, 0.3) is 0 Å². The van der Waals surface area contributed by atoms with E-state index in [0.29, 0.717) is 6.61 Å². The van der Waals surface area contributed by atoms with Crippen molar-refractivity contribution in [3.8, 4) is 0 Å². The van der Waals surface area contributed by atoms with Crippen molar-refractivity contribution in [1.82, 2.24) is 4.90 Å².